The van der Waals surface area contributed by atoms with Gasteiger partial charge in [-0.1, -0.05) is 32.9 Å². The van der Waals surface area contributed by atoms with Crippen LogP contribution >= 0.6 is 0 Å². The molecule has 8 nitrogen and oxygen atoms in total. The van der Waals surface area contributed by atoms with Gasteiger partial charge in [-0.15, -0.1) is 10.2 Å². The number of aliphatic imine (C=N–C) groups is 1. The third-order valence-corrected chi connectivity index (χ3v) is 4.15. The first-order valence-electron chi connectivity index (χ1n) is 9.71. The van der Waals surface area contributed by atoms with Gasteiger partial charge in [0, 0.05) is 45.2 Å². The molecule has 1 amide bonds. The van der Waals surface area contributed by atoms with Gasteiger partial charge in [0.1, 0.15) is 12.2 Å². The Morgan fingerprint density at radius 1 is 1.29 bits per heavy atom. The molecule has 0 saturated carbocycles. The molecule has 2 aromatic rings. The molecular formula is C20H31N7O. The van der Waals surface area contributed by atoms with Crippen molar-refractivity contribution in [2.45, 2.75) is 46.7 Å². The number of hydrogen-bond donors (Lipinski definition) is 3. The predicted molar refractivity (Wildman–Crippen MR) is 112 cm³/mol. The molecule has 0 fully saturated rings. The maximum absolute atomic E-state index is 11.9. The molecule has 0 aliphatic rings. The van der Waals surface area contributed by atoms with Crippen LogP contribution < -0.4 is 16.0 Å². The van der Waals surface area contributed by atoms with Crippen LogP contribution in [0, 0.1) is 5.92 Å². The minimum absolute atomic E-state index is 0.0398. The molecule has 28 heavy (non-hydrogen) atoms. The molecule has 1 heterocycles. The van der Waals surface area contributed by atoms with Crippen LogP contribution in [-0.4, -0.2) is 40.2 Å². The number of guanidine groups is 1. The van der Waals surface area contributed by atoms with Gasteiger partial charge in [-0.3, -0.25) is 9.79 Å². The number of rotatable bonds is 9. The Morgan fingerprint density at radius 2 is 2.11 bits per heavy atom. The Balaban J connectivity index is 1.81. The van der Waals surface area contributed by atoms with E-state index in [4.69, 9.17) is 0 Å². The smallest absolute Gasteiger partial charge is 0.224 e. The normalized spacial score (nSPS) is 11.5. The molecular weight excluding hydrogens is 354 g/mol. The Kier molecular flexibility index (Phi) is 8.45. The molecule has 0 radical (unpaired) electrons. The van der Waals surface area contributed by atoms with Gasteiger partial charge >= 0.3 is 0 Å². The molecule has 1 aromatic heterocycles. The van der Waals surface area contributed by atoms with Crippen molar-refractivity contribution in [2.75, 3.05) is 18.9 Å². The Hall–Kier alpha value is -2.90. The second-order valence-corrected chi connectivity index (χ2v) is 6.99. The Morgan fingerprint density at radius 3 is 2.82 bits per heavy atom. The number of carbonyl (C=O) groups excluding carboxylic acids is 1. The summed E-state index contributed by atoms with van der Waals surface area (Å²) in [4.78, 5) is 16.2. The van der Waals surface area contributed by atoms with Crippen molar-refractivity contribution in [3.63, 3.8) is 0 Å². The number of aromatic nitrogens is 3. The van der Waals surface area contributed by atoms with E-state index in [0.717, 1.165) is 42.5 Å². The highest BCUT2D eigenvalue weighted by Crippen LogP contribution is 2.12. The molecule has 0 spiro atoms. The van der Waals surface area contributed by atoms with Crippen molar-refractivity contribution < 1.29 is 4.79 Å². The van der Waals surface area contributed by atoms with Crippen LogP contribution in [0.2, 0.25) is 0 Å². The largest absolute Gasteiger partial charge is 0.355 e. The third-order valence-electron chi connectivity index (χ3n) is 4.15. The molecule has 0 aliphatic heterocycles. The summed E-state index contributed by atoms with van der Waals surface area (Å²) in [6.07, 6.45) is 3.12. The van der Waals surface area contributed by atoms with E-state index in [2.05, 4.69) is 38.1 Å². The summed E-state index contributed by atoms with van der Waals surface area (Å²) in [6, 6.07) is 7.84. The minimum atomic E-state index is 0.0398. The van der Waals surface area contributed by atoms with E-state index >= 15 is 0 Å². The van der Waals surface area contributed by atoms with Crippen LogP contribution in [0.5, 0.6) is 0 Å². The molecule has 0 aliphatic carbocycles. The number of aryl methyl sites for hydroxylation is 1. The average Bonchev–Trinajstić information content (AvgIpc) is 3.11. The van der Waals surface area contributed by atoms with Crippen molar-refractivity contribution in [3.8, 4) is 0 Å². The quantitative estimate of drug-likeness (QED) is 0.454. The topological polar surface area (TPSA) is 96.2 Å². The first kappa shape index (κ1) is 21.4. The van der Waals surface area contributed by atoms with Gasteiger partial charge in [0.2, 0.25) is 5.91 Å². The third kappa shape index (κ3) is 7.02. The minimum Gasteiger partial charge on any atom is -0.355 e. The molecule has 0 unspecified atom stereocenters. The van der Waals surface area contributed by atoms with E-state index in [1.165, 1.54) is 0 Å². The number of anilines is 1. The van der Waals surface area contributed by atoms with Gasteiger partial charge in [-0.2, -0.15) is 0 Å². The van der Waals surface area contributed by atoms with Gasteiger partial charge < -0.3 is 20.5 Å². The zero-order valence-corrected chi connectivity index (χ0v) is 17.2. The first-order valence-corrected chi connectivity index (χ1v) is 9.71. The summed E-state index contributed by atoms with van der Waals surface area (Å²) in [5.41, 5.74) is 1.88. The lowest BCUT2D eigenvalue weighted by Crippen LogP contribution is -2.38. The van der Waals surface area contributed by atoms with Gasteiger partial charge in [-0.25, -0.2) is 0 Å². The van der Waals surface area contributed by atoms with Crippen LogP contribution in [-0.2, 0) is 24.3 Å². The summed E-state index contributed by atoms with van der Waals surface area (Å²) in [6.45, 7) is 8.23. The molecule has 2 rings (SSSR count). The van der Waals surface area contributed by atoms with Crippen LogP contribution in [0.3, 0.4) is 0 Å². The highest BCUT2D eigenvalue weighted by molar-refractivity contribution is 5.90. The van der Waals surface area contributed by atoms with Crippen molar-refractivity contribution in [1.82, 2.24) is 25.4 Å². The summed E-state index contributed by atoms with van der Waals surface area (Å²) in [5, 5.41) is 17.6. The van der Waals surface area contributed by atoms with E-state index in [0.29, 0.717) is 18.9 Å². The molecule has 3 N–H and O–H groups in total. The zero-order valence-electron chi connectivity index (χ0n) is 17.2. The second-order valence-electron chi connectivity index (χ2n) is 6.99. The highest BCUT2D eigenvalue weighted by Gasteiger charge is 2.06. The molecule has 152 valence electrons. The molecule has 0 atom stereocenters. The number of amides is 1. The van der Waals surface area contributed by atoms with E-state index in [1.54, 1.807) is 13.4 Å². The van der Waals surface area contributed by atoms with Crippen molar-refractivity contribution in [1.29, 1.82) is 0 Å². The van der Waals surface area contributed by atoms with E-state index in [1.807, 2.05) is 42.7 Å². The van der Waals surface area contributed by atoms with Gasteiger partial charge in [0.25, 0.3) is 0 Å². The summed E-state index contributed by atoms with van der Waals surface area (Å²) in [5.74, 6) is 2.07. The van der Waals surface area contributed by atoms with Crippen molar-refractivity contribution in [3.05, 3.63) is 42.0 Å². The molecule has 0 saturated heterocycles. The number of nitrogens with one attached hydrogen (secondary N) is 3. The lowest BCUT2D eigenvalue weighted by atomic mass is 10.1. The summed E-state index contributed by atoms with van der Waals surface area (Å²) < 4.78 is 2.03. The Bertz CT molecular complexity index is 782. The zero-order chi connectivity index (χ0) is 20.4. The maximum atomic E-state index is 11.9. The Labute approximate surface area is 166 Å². The predicted octanol–water partition coefficient (Wildman–Crippen LogP) is 2.19. The monoisotopic (exact) mass is 385 g/mol. The average molecular weight is 386 g/mol. The lowest BCUT2D eigenvalue weighted by molar-refractivity contribution is -0.116. The van der Waals surface area contributed by atoms with Crippen LogP contribution in [0.4, 0.5) is 5.69 Å². The summed E-state index contributed by atoms with van der Waals surface area (Å²) in [7, 11) is 1.74. The number of benzene rings is 1. The highest BCUT2D eigenvalue weighted by atomic mass is 16.1. The van der Waals surface area contributed by atoms with Gasteiger partial charge in [0.05, 0.1) is 0 Å². The van der Waals surface area contributed by atoms with Crippen molar-refractivity contribution >= 4 is 17.6 Å². The van der Waals surface area contributed by atoms with E-state index < -0.39 is 0 Å². The van der Waals surface area contributed by atoms with Gasteiger partial charge in [-0.05, 0) is 23.6 Å². The number of hydrogen-bond acceptors (Lipinski definition) is 4. The number of carbonyl (C=O) groups is 1. The van der Waals surface area contributed by atoms with Gasteiger partial charge in [0.15, 0.2) is 5.96 Å². The van der Waals surface area contributed by atoms with Crippen LogP contribution in [0.1, 0.15) is 38.6 Å². The fraction of sp³-hybridized carbons (Fsp3) is 0.500. The van der Waals surface area contributed by atoms with E-state index in [-0.39, 0.29) is 5.91 Å². The van der Waals surface area contributed by atoms with Crippen LogP contribution in [0.25, 0.3) is 0 Å². The second kappa shape index (κ2) is 11.1. The molecule has 0 bridgehead atoms. The fourth-order valence-corrected chi connectivity index (χ4v) is 2.78. The standard InChI is InChI=1S/C20H31N7O/c1-5-18-26-24-14-27(18)10-9-22-20(21-4)23-13-16-7-6-8-17(12-16)25-19(28)11-15(2)3/h6-8,12,14-15H,5,9-11,13H2,1-4H3,(H,25,28)(H2,21,22,23). The summed E-state index contributed by atoms with van der Waals surface area (Å²) >= 11 is 0. The SMILES string of the molecule is CCc1nncn1CCNC(=NC)NCc1cccc(NC(=O)CC(C)C)c1. The maximum Gasteiger partial charge on any atom is 0.224 e. The van der Waals surface area contributed by atoms with E-state index in [9.17, 15) is 4.79 Å². The molecule has 1 aromatic carbocycles. The fourth-order valence-electron chi connectivity index (χ4n) is 2.78. The first-order chi connectivity index (χ1) is 13.5. The lowest BCUT2D eigenvalue weighted by Gasteiger charge is -2.13. The van der Waals surface area contributed by atoms with Crippen LogP contribution in [0.15, 0.2) is 35.6 Å². The molecule has 8 heteroatoms. The number of nitrogens with zero attached hydrogens (tertiary/aromatic N) is 4. The van der Waals surface area contributed by atoms with Crippen molar-refractivity contribution in [2.24, 2.45) is 10.9 Å².